The second-order valence-electron chi connectivity index (χ2n) is 8.52. The molecule has 3 aromatic rings. The highest BCUT2D eigenvalue weighted by Gasteiger charge is 2.35. The van der Waals surface area contributed by atoms with Crippen molar-refractivity contribution in [2.75, 3.05) is 26.7 Å². The van der Waals surface area contributed by atoms with Crippen molar-refractivity contribution >= 4 is 28.5 Å². The number of ketones is 1. The number of nitrogens with zero attached hydrogens (tertiary/aromatic N) is 2. The van der Waals surface area contributed by atoms with Gasteiger partial charge in [0.05, 0.1) is 19.7 Å². The molecule has 0 radical (unpaired) electrons. The first-order valence-electron chi connectivity index (χ1n) is 11.1. The van der Waals surface area contributed by atoms with Crippen LogP contribution in [0, 0.1) is 0 Å². The zero-order valence-corrected chi connectivity index (χ0v) is 19.3. The molecule has 1 saturated heterocycles. The number of carbonyl (C=O) groups excluding carboxylic acids is 3. The van der Waals surface area contributed by atoms with Gasteiger partial charge in [0.15, 0.2) is 5.78 Å². The first-order chi connectivity index (χ1) is 16.3. The Labute approximate surface area is 198 Å². The molecule has 4 rings (SSSR count). The summed E-state index contributed by atoms with van der Waals surface area (Å²) in [7, 11) is 1.59. The van der Waals surface area contributed by atoms with E-state index in [1.54, 1.807) is 23.0 Å². The van der Waals surface area contributed by atoms with Crippen LogP contribution in [0.1, 0.15) is 23.0 Å². The molecule has 176 valence electrons. The highest BCUT2D eigenvalue weighted by Crippen LogP contribution is 2.24. The van der Waals surface area contributed by atoms with Gasteiger partial charge in [0.1, 0.15) is 18.0 Å². The largest absolute Gasteiger partial charge is 0.497 e. The quantitative estimate of drug-likeness (QED) is 0.527. The summed E-state index contributed by atoms with van der Waals surface area (Å²) < 4.78 is 5.27. The highest BCUT2D eigenvalue weighted by atomic mass is 16.5. The lowest BCUT2D eigenvalue weighted by Gasteiger charge is -2.41. The van der Waals surface area contributed by atoms with Crippen LogP contribution in [0.15, 0.2) is 66.4 Å². The van der Waals surface area contributed by atoms with Gasteiger partial charge in [-0.1, -0.05) is 30.3 Å². The number of amides is 2. The number of benzene rings is 2. The Kier molecular flexibility index (Phi) is 6.67. The normalized spacial score (nSPS) is 16.7. The second kappa shape index (κ2) is 9.82. The summed E-state index contributed by atoms with van der Waals surface area (Å²) in [4.78, 5) is 44.3. The Hall–Kier alpha value is -4.07. The summed E-state index contributed by atoms with van der Waals surface area (Å²) in [5, 5.41) is 0.857. The summed E-state index contributed by atoms with van der Waals surface area (Å²) in [6, 6.07) is 16.8. The number of nitrogens with two attached hydrogens (primary N) is 1. The number of aromatic amines is 1. The molecule has 0 unspecified atom stereocenters. The fourth-order valence-corrected chi connectivity index (χ4v) is 4.33. The maximum absolute atomic E-state index is 13.4. The number of rotatable bonds is 7. The molecule has 3 N–H and O–H groups in total. The van der Waals surface area contributed by atoms with Crippen LogP contribution < -0.4 is 10.5 Å². The smallest absolute Gasteiger partial charge is 0.270 e. The molecule has 0 spiro atoms. The van der Waals surface area contributed by atoms with Crippen LogP contribution in [0.2, 0.25) is 0 Å². The van der Waals surface area contributed by atoms with E-state index >= 15 is 0 Å². The van der Waals surface area contributed by atoms with Gasteiger partial charge in [-0.2, -0.15) is 0 Å². The van der Waals surface area contributed by atoms with Gasteiger partial charge >= 0.3 is 0 Å². The molecule has 8 heteroatoms. The van der Waals surface area contributed by atoms with Crippen molar-refractivity contribution < 1.29 is 19.1 Å². The Bertz CT molecular complexity index is 1250. The van der Waals surface area contributed by atoms with Crippen LogP contribution in [0.25, 0.3) is 10.9 Å². The number of allylic oxidation sites excluding steroid dienone is 1. The van der Waals surface area contributed by atoms with Gasteiger partial charge in [-0.05, 0) is 43.2 Å². The molecular weight excluding hydrogens is 432 g/mol. The number of hydrogen-bond acceptors (Lipinski definition) is 5. The lowest BCUT2D eigenvalue weighted by atomic mass is 10.0. The lowest BCUT2D eigenvalue weighted by Crippen LogP contribution is -2.59. The average molecular weight is 461 g/mol. The molecule has 1 fully saturated rings. The number of fused-ring (bicyclic) bond motifs is 1. The molecule has 34 heavy (non-hydrogen) atoms. The van der Waals surface area contributed by atoms with Crippen molar-refractivity contribution in [3.63, 3.8) is 0 Å². The number of methoxy groups -OCH3 is 1. The first-order valence-corrected chi connectivity index (χ1v) is 11.1. The minimum absolute atomic E-state index is 0.0594. The minimum atomic E-state index is -0.281. The number of H-pyrrole nitrogens is 1. The van der Waals surface area contributed by atoms with Crippen molar-refractivity contribution in [1.29, 1.82) is 0 Å². The average Bonchev–Trinajstić information content (AvgIpc) is 3.24. The van der Waals surface area contributed by atoms with E-state index in [4.69, 9.17) is 10.5 Å². The van der Waals surface area contributed by atoms with Gasteiger partial charge < -0.3 is 25.3 Å². The van der Waals surface area contributed by atoms with E-state index < -0.39 is 0 Å². The van der Waals surface area contributed by atoms with Crippen LogP contribution in [0.4, 0.5) is 0 Å². The molecular formula is C26H28N4O4. The van der Waals surface area contributed by atoms with Crippen molar-refractivity contribution in [3.05, 3.63) is 77.6 Å². The number of carbonyl (C=O) groups is 3. The van der Waals surface area contributed by atoms with Gasteiger partial charge in [0, 0.05) is 29.2 Å². The summed E-state index contributed by atoms with van der Waals surface area (Å²) in [6.07, 6.45) is 1.90. The number of hydrogen-bond donors (Lipinski definition) is 2. The molecule has 2 heterocycles. The van der Waals surface area contributed by atoms with Crippen LogP contribution in [-0.2, 0) is 16.0 Å². The van der Waals surface area contributed by atoms with Crippen LogP contribution in [-0.4, -0.2) is 65.2 Å². The topological polar surface area (TPSA) is 109 Å². The zero-order valence-electron chi connectivity index (χ0n) is 19.3. The van der Waals surface area contributed by atoms with E-state index in [0.717, 1.165) is 16.5 Å². The van der Waals surface area contributed by atoms with E-state index in [-0.39, 0.29) is 36.7 Å². The Morgan fingerprint density at radius 1 is 1.18 bits per heavy atom. The van der Waals surface area contributed by atoms with Crippen molar-refractivity contribution in [3.8, 4) is 5.75 Å². The van der Waals surface area contributed by atoms with E-state index in [2.05, 4.69) is 4.98 Å². The fraction of sp³-hybridized carbons (Fsp3) is 0.269. The van der Waals surface area contributed by atoms with E-state index in [1.807, 2.05) is 48.5 Å². The second-order valence-corrected chi connectivity index (χ2v) is 8.52. The molecule has 1 aromatic heterocycles. The number of piperazine rings is 1. The van der Waals surface area contributed by atoms with Crippen LogP contribution >= 0.6 is 0 Å². The Morgan fingerprint density at radius 3 is 2.65 bits per heavy atom. The maximum Gasteiger partial charge on any atom is 0.270 e. The molecule has 2 amide bonds. The summed E-state index contributed by atoms with van der Waals surface area (Å²) in [6.45, 7) is 1.86. The maximum atomic E-state index is 13.4. The van der Waals surface area contributed by atoms with Gasteiger partial charge in [-0.25, -0.2) is 0 Å². The zero-order chi connectivity index (χ0) is 24.2. The molecule has 0 bridgehead atoms. The van der Waals surface area contributed by atoms with E-state index in [9.17, 15) is 14.4 Å². The molecule has 0 saturated carbocycles. The van der Waals surface area contributed by atoms with Crippen molar-refractivity contribution in [2.24, 2.45) is 5.73 Å². The predicted octanol–water partition coefficient (Wildman–Crippen LogP) is 2.50. The van der Waals surface area contributed by atoms with Gasteiger partial charge in [-0.3, -0.25) is 14.4 Å². The summed E-state index contributed by atoms with van der Waals surface area (Å²) in [5.41, 5.74) is 8.63. The standard InChI is InChI=1S/C26H28N4O4/c1-17(31)10-20(27)14-30-21(11-18-6-4-3-5-7-18)15-29(16-25(30)32)26(33)24-13-19-12-22(34-2)8-9-23(19)28-24/h3-10,12-13,21,28H,11,14-16,27H2,1-2H3/t21-/m0/s1. The molecule has 1 atom stereocenters. The Morgan fingerprint density at radius 2 is 1.94 bits per heavy atom. The van der Waals surface area contributed by atoms with E-state index in [1.165, 1.54) is 13.0 Å². The fourth-order valence-electron chi connectivity index (χ4n) is 4.33. The summed E-state index contributed by atoms with van der Waals surface area (Å²) in [5.74, 6) is 0.0777. The van der Waals surface area contributed by atoms with E-state index in [0.29, 0.717) is 30.1 Å². The van der Waals surface area contributed by atoms with Crippen LogP contribution in [0.5, 0.6) is 5.75 Å². The first kappa shape index (κ1) is 23.1. The Balaban J connectivity index is 1.59. The third-order valence-electron chi connectivity index (χ3n) is 5.92. The number of nitrogens with one attached hydrogen (secondary N) is 1. The monoisotopic (exact) mass is 460 g/mol. The third kappa shape index (κ3) is 5.11. The lowest BCUT2D eigenvalue weighted by molar-refractivity contribution is -0.138. The highest BCUT2D eigenvalue weighted by molar-refractivity contribution is 6.00. The minimum Gasteiger partial charge on any atom is -0.497 e. The molecule has 1 aliphatic rings. The number of ether oxygens (including phenoxy) is 1. The van der Waals surface area contributed by atoms with Crippen molar-refractivity contribution in [2.45, 2.75) is 19.4 Å². The molecule has 8 nitrogen and oxygen atoms in total. The SMILES string of the molecule is COc1ccc2[nH]c(C(=O)N3CC(=O)N(CC(N)=CC(C)=O)[C@@H](Cc4ccccc4)C3)cc2c1. The third-order valence-corrected chi connectivity index (χ3v) is 5.92. The number of aromatic nitrogens is 1. The molecule has 1 aliphatic heterocycles. The predicted molar refractivity (Wildman–Crippen MR) is 129 cm³/mol. The van der Waals surface area contributed by atoms with Gasteiger partial charge in [0.25, 0.3) is 5.91 Å². The van der Waals surface area contributed by atoms with Crippen molar-refractivity contribution in [1.82, 2.24) is 14.8 Å². The molecule has 2 aromatic carbocycles. The van der Waals surface area contributed by atoms with Crippen LogP contribution in [0.3, 0.4) is 0 Å². The van der Waals surface area contributed by atoms with Gasteiger partial charge in [-0.15, -0.1) is 0 Å². The summed E-state index contributed by atoms with van der Waals surface area (Å²) >= 11 is 0. The molecule has 0 aliphatic carbocycles. The van der Waals surface area contributed by atoms with Gasteiger partial charge in [0.2, 0.25) is 5.91 Å².